The molecule has 1 aliphatic rings. The molecule has 1 fully saturated rings. The molecule has 2 atom stereocenters. The molecule has 0 radical (unpaired) electrons. The molecule has 0 aromatic heterocycles. The van der Waals surface area contributed by atoms with E-state index in [1.807, 2.05) is 24.3 Å². The quantitative estimate of drug-likeness (QED) is 0.747. The van der Waals surface area contributed by atoms with Gasteiger partial charge in [-0.25, -0.2) is 4.39 Å². The van der Waals surface area contributed by atoms with Gasteiger partial charge in [0.05, 0.1) is 18.3 Å². The third-order valence-electron chi connectivity index (χ3n) is 4.47. The lowest BCUT2D eigenvalue weighted by Gasteiger charge is -2.34. The fraction of sp³-hybridized carbons (Fsp3) is 0.556. The number of hydrogen-bond acceptors (Lipinski definition) is 5. The predicted octanol–water partition coefficient (Wildman–Crippen LogP) is 1.84. The van der Waals surface area contributed by atoms with Crippen LogP contribution in [0.1, 0.15) is 18.4 Å². The van der Waals surface area contributed by atoms with Gasteiger partial charge in [0.2, 0.25) is 0 Å². The third-order valence-corrected chi connectivity index (χ3v) is 4.47. The minimum atomic E-state index is -0.700. The normalized spacial score (nSPS) is 19.6. The predicted molar refractivity (Wildman–Crippen MR) is 90.0 cm³/mol. The van der Waals surface area contributed by atoms with Crippen LogP contribution in [0.4, 0.5) is 4.39 Å². The van der Waals surface area contributed by atoms with Gasteiger partial charge in [0.1, 0.15) is 5.82 Å². The molecule has 1 aromatic rings. The lowest BCUT2D eigenvalue weighted by molar-refractivity contribution is 0.161. The molecular weight excluding hydrogens is 305 g/mol. The Morgan fingerprint density at radius 2 is 2.00 bits per heavy atom. The SMILES string of the molecule is CNC(NCC1CCCN(Cc2ccc(F)cc2)C1)C(C#N)C#N. The van der Waals surface area contributed by atoms with E-state index in [4.69, 9.17) is 10.5 Å². The van der Waals surface area contributed by atoms with Crippen LogP contribution in [0.15, 0.2) is 24.3 Å². The molecule has 128 valence electrons. The van der Waals surface area contributed by atoms with Crippen molar-refractivity contribution in [2.24, 2.45) is 11.8 Å². The van der Waals surface area contributed by atoms with Gasteiger partial charge in [-0.15, -0.1) is 0 Å². The summed E-state index contributed by atoms with van der Waals surface area (Å²) in [5.74, 6) is -0.427. The molecule has 2 N–H and O–H groups in total. The minimum absolute atomic E-state index is 0.206. The maximum absolute atomic E-state index is 13.0. The van der Waals surface area contributed by atoms with E-state index in [1.54, 1.807) is 7.05 Å². The highest BCUT2D eigenvalue weighted by Crippen LogP contribution is 2.18. The van der Waals surface area contributed by atoms with Crippen LogP contribution in [0.2, 0.25) is 0 Å². The van der Waals surface area contributed by atoms with Crippen LogP contribution in [0.25, 0.3) is 0 Å². The molecule has 5 nitrogen and oxygen atoms in total. The summed E-state index contributed by atoms with van der Waals surface area (Å²) in [7, 11) is 1.75. The van der Waals surface area contributed by atoms with E-state index in [2.05, 4.69) is 15.5 Å². The number of nitriles is 2. The number of hydrogen-bond donors (Lipinski definition) is 2. The number of benzene rings is 1. The topological polar surface area (TPSA) is 74.9 Å². The van der Waals surface area contributed by atoms with E-state index in [1.165, 1.54) is 12.1 Å². The molecule has 0 saturated carbocycles. The Hall–Kier alpha value is -1.99. The van der Waals surface area contributed by atoms with Gasteiger partial charge in [-0.2, -0.15) is 10.5 Å². The molecule has 0 bridgehead atoms. The Balaban J connectivity index is 1.83. The van der Waals surface area contributed by atoms with E-state index in [9.17, 15) is 4.39 Å². The van der Waals surface area contributed by atoms with Crippen LogP contribution in [0.3, 0.4) is 0 Å². The van der Waals surface area contributed by atoms with Gasteiger partial charge in [0, 0.05) is 19.6 Å². The first-order valence-corrected chi connectivity index (χ1v) is 8.33. The van der Waals surface area contributed by atoms with Gasteiger partial charge in [-0.3, -0.25) is 10.2 Å². The van der Waals surface area contributed by atoms with E-state index in [0.717, 1.165) is 44.6 Å². The summed E-state index contributed by atoms with van der Waals surface area (Å²) in [6.07, 6.45) is 1.94. The summed E-state index contributed by atoms with van der Waals surface area (Å²) in [6.45, 7) is 3.60. The van der Waals surface area contributed by atoms with Crippen molar-refractivity contribution in [3.63, 3.8) is 0 Å². The van der Waals surface area contributed by atoms with Gasteiger partial charge in [0.25, 0.3) is 0 Å². The highest BCUT2D eigenvalue weighted by Gasteiger charge is 2.23. The molecule has 1 aliphatic heterocycles. The van der Waals surface area contributed by atoms with Crippen molar-refractivity contribution >= 4 is 0 Å². The first-order chi connectivity index (χ1) is 11.7. The Labute approximate surface area is 143 Å². The Bertz CT molecular complexity index is 575. The smallest absolute Gasteiger partial charge is 0.161 e. The summed E-state index contributed by atoms with van der Waals surface area (Å²) in [6, 6.07) is 10.7. The van der Waals surface area contributed by atoms with Crippen LogP contribution in [0, 0.1) is 40.3 Å². The Kier molecular flexibility index (Phi) is 7.14. The molecule has 1 heterocycles. The monoisotopic (exact) mass is 329 g/mol. The Morgan fingerprint density at radius 3 is 2.62 bits per heavy atom. The summed E-state index contributed by atoms with van der Waals surface area (Å²) in [5.41, 5.74) is 1.12. The molecule has 0 aliphatic carbocycles. The molecule has 24 heavy (non-hydrogen) atoms. The molecule has 6 heteroatoms. The zero-order valence-corrected chi connectivity index (χ0v) is 14.0. The number of rotatable bonds is 7. The molecule has 0 spiro atoms. The first-order valence-electron chi connectivity index (χ1n) is 8.33. The average Bonchev–Trinajstić information content (AvgIpc) is 2.61. The van der Waals surface area contributed by atoms with Crippen molar-refractivity contribution in [3.8, 4) is 12.1 Å². The van der Waals surface area contributed by atoms with Crippen LogP contribution >= 0.6 is 0 Å². The van der Waals surface area contributed by atoms with E-state index >= 15 is 0 Å². The second-order valence-corrected chi connectivity index (χ2v) is 6.28. The zero-order chi connectivity index (χ0) is 17.4. The van der Waals surface area contributed by atoms with Crippen molar-refractivity contribution in [3.05, 3.63) is 35.6 Å². The fourth-order valence-electron chi connectivity index (χ4n) is 3.17. The molecular formula is C18H24FN5. The van der Waals surface area contributed by atoms with Gasteiger partial charge in [-0.1, -0.05) is 12.1 Å². The standard InChI is InChI=1S/C18H24FN5/c1-22-18(16(9-20)10-21)23-11-15-3-2-8-24(13-15)12-14-4-6-17(19)7-5-14/h4-7,15-16,18,22-23H,2-3,8,11-13H2,1H3. The van der Waals surface area contributed by atoms with E-state index in [-0.39, 0.29) is 12.0 Å². The first kappa shape index (κ1) is 18.4. The maximum atomic E-state index is 13.0. The van der Waals surface area contributed by atoms with Crippen LogP contribution in [-0.4, -0.2) is 37.7 Å². The van der Waals surface area contributed by atoms with Crippen LogP contribution in [-0.2, 0) is 6.54 Å². The lowest BCUT2D eigenvalue weighted by Crippen LogP contribution is -2.49. The van der Waals surface area contributed by atoms with E-state index < -0.39 is 5.92 Å². The third kappa shape index (κ3) is 5.28. The van der Waals surface area contributed by atoms with Crippen molar-refractivity contribution in [2.45, 2.75) is 25.6 Å². The largest absolute Gasteiger partial charge is 0.303 e. The molecule has 1 aromatic carbocycles. The van der Waals surface area contributed by atoms with Crippen molar-refractivity contribution in [1.82, 2.24) is 15.5 Å². The van der Waals surface area contributed by atoms with Gasteiger partial charge < -0.3 is 5.32 Å². The second kappa shape index (κ2) is 9.34. The highest BCUT2D eigenvalue weighted by atomic mass is 19.1. The van der Waals surface area contributed by atoms with Gasteiger partial charge >= 0.3 is 0 Å². The lowest BCUT2D eigenvalue weighted by atomic mass is 9.97. The average molecular weight is 329 g/mol. The summed E-state index contributed by atoms with van der Waals surface area (Å²) >= 11 is 0. The number of nitrogens with one attached hydrogen (secondary N) is 2. The zero-order valence-electron chi connectivity index (χ0n) is 14.0. The molecule has 2 rings (SSSR count). The highest BCUT2D eigenvalue weighted by molar-refractivity contribution is 5.16. The number of nitrogens with zero attached hydrogens (tertiary/aromatic N) is 3. The Morgan fingerprint density at radius 1 is 1.29 bits per heavy atom. The van der Waals surface area contributed by atoms with E-state index in [0.29, 0.717) is 5.92 Å². The minimum Gasteiger partial charge on any atom is -0.303 e. The fourth-order valence-corrected chi connectivity index (χ4v) is 3.17. The van der Waals surface area contributed by atoms with Crippen molar-refractivity contribution < 1.29 is 4.39 Å². The molecule has 1 saturated heterocycles. The van der Waals surface area contributed by atoms with Crippen LogP contribution in [0.5, 0.6) is 0 Å². The summed E-state index contributed by atoms with van der Waals surface area (Å²) in [5, 5.41) is 24.3. The van der Waals surface area contributed by atoms with Gasteiger partial charge in [-0.05, 0) is 50.0 Å². The maximum Gasteiger partial charge on any atom is 0.161 e. The van der Waals surface area contributed by atoms with Gasteiger partial charge in [0.15, 0.2) is 5.92 Å². The second-order valence-electron chi connectivity index (χ2n) is 6.28. The van der Waals surface area contributed by atoms with Crippen molar-refractivity contribution in [2.75, 3.05) is 26.7 Å². The summed E-state index contributed by atoms with van der Waals surface area (Å²) in [4.78, 5) is 2.38. The summed E-state index contributed by atoms with van der Waals surface area (Å²) < 4.78 is 13.0. The number of halogens is 1. The van der Waals surface area contributed by atoms with Crippen molar-refractivity contribution in [1.29, 1.82) is 10.5 Å². The number of likely N-dealkylation sites (tertiary alicyclic amines) is 1. The molecule has 2 unspecified atom stereocenters. The molecule has 0 amide bonds. The number of piperidine rings is 1. The van der Waals surface area contributed by atoms with Crippen LogP contribution < -0.4 is 10.6 Å².